The van der Waals surface area contributed by atoms with E-state index in [1.807, 2.05) is 0 Å². The maximum Gasteiger partial charge on any atom is 0.240 e. The van der Waals surface area contributed by atoms with Crippen molar-refractivity contribution in [3.05, 3.63) is 30.6 Å². The van der Waals surface area contributed by atoms with Gasteiger partial charge in [0.15, 0.2) is 0 Å². The van der Waals surface area contributed by atoms with Crippen molar-refractivity contribution in [2.24, 2.45) is 0 Å². The van der Waals surface area contributed by atoms with Crippen LogP contribution in [0.3, 0.4) is 0 Å². The number of rotatable bonds is 4. The third kappa shape index (κ3) is 3.09. The number of sulfonamides is 1. The molecule has 0 bridgehead atoms. The normalized spacial score (nSPS) is 11.9. The molecular formula is C11H15N5O2S. The van der Waals surface area contributed by atoms with Crippen molar-refractivity contribution in [3.8, 4) is 5.69 Å². The van der Waals surface area contributed by atoms with Crippen LogP contribution in [-0.4, -0.2) is 29.2 Å². The highest BCUT2D eigenvalue weighted by atomic mass is 32.2. The van der Waals surface area contributed by atoms with Gasteiger partial charge in [0.1, 0.15) is 6.33 Å². The summed E-state index contributed by atoms with van der Waals surface area (Å²) in [4.78, 5) is 4.01. The number of nitrogens with one attached hydrogen (secondary N) is 1. The van der Waals surface area contributed by atoms with Crippen molar-refractivity contribution in [3.63, 3.8) is 0 Å². The van der Waals surface area contributed by atoms with Gasteiger partial charge in [-0.25, -0.2) is 22.8 Å². The smallest absolute Gasteiger partial charge is 0.240 e. The van der Waals surface area contributed by atoms with Gasteiger partial charge in [-0.1, -0.05) is 0 Å². The highest BCUT2D eigenvalue weighted by Crippen LogP contribution is 2.13. The average Bonchev–Trinajstić information content (AvgIpc) is 2.74. The van der Waals surface area contributed by atoms with Crippen molar-refractivity contribution in [2.75, 3.05) is 5.73 Å². The molecule has 19 heavy (non-hydrogen) atoms. The van der Waals surface area contributed by atoms with Crippen LogP contribution in [0.1, 0.15) is 13.8 Å². The summed E-state index contributed by atoms with van der Waals surface area (Å²) in [6.07, 6.45) is 1.46. The fourth-order valence-corrected chi connectivity index (χ4v) is 2.81. The quantitative estimate of drug-likeness (QED) is 0.851. The molecule has 8 heteroatoms. The zero-order valence-corrected chi connectivity index (χ0v) is 11.4. The van der Waals surface area contributed by atoms with E-state index >= 15 is 0 Å². The Kier molecular flexibility index (Phi) is 3.54. The van der Waals surface area contributed by atoms with Crippen LogP contribution in [0.5, 0.6) is 0 Å². The molecular weight excluding hydrogens is 266 g/mol. The van der Waals surface area contributed by atoms with Crippen LogP contribution in [0.2, 0.25) is 0 Å². The van der Waals surface area contributed by atoms with Crippen LogP contribution < -0.4 is 10.5 Å². The molecule has 1 aromatic carbocycles. The Morgan fingerprint density at radius 3 is 2.37 bits per heavy atom. The maximum absolute atomic E-state index is 11.9. The minimum absolute atomic E-state index is 0.153. The van der Waals surface area contributed by atoms with Gasteiger partial charge in [-0.15, -0.1) is 5.10 Å². The zero-order chi connectivity index (χ0) is 14.0. The molecule has 2 aromatic rings. The standard InChI is InChI=1S/C11H15N5O2S/c1-8(2)15-19(17,18)10-5-3-9(4-6-10)16-7-13-11(12)14-16/h3-8,15H,1-2H3,(H2,12,14). The molecule has 1 aromatic heterocycles. The van der Waals surface area contributed by atoms with Crippen molar-refractivity contribution >= 4 is 16.0 Å². The van der Waals surface area contributed by atoms with E-state index in [9.17, 15) is 8.42 Å². The summed E-state index contributed by atoms with van der Waals surface area (Å²) in [6, 6.07) is 6.15. The molecule has 7 nitrogen and oxygen atoms in total. The van der Waals surface area contributed by atoms with E-state index in [1.54, 1.807) is 26.0 Å². The summed E-state index contributed by atoms with van der Waals surface area (Å²) in [5.74, 6) is 0.165. The second-order valence-corrected chi connectivity index (χ2v) is 6.03. The van der Waals surface area contributed by atoms with Crippen LogP contribution in [0, 0.1) is 0 Å². The molecule has 102 valence electrons. The highest BCUT2D eigenvalue weighted by molar-refractivity contribution is 7.89. The lowest BCUT2D eigenvalue weighted by Crippen LogP contribution is -2.30. The number of nitrogens with two attached hydrogens (primary N) is 1. The van der Waals surface area contributed by atoms with Crippen molar-refractivity contribution < 1.29 is 8.42 Å². The fourth-order valence-electron chi connectivity index (χ4n) is 1.56. The number of nitrogen functional groups attached to an aromatic ring is 1. The van der Waals surface area contributed by atoms with E-state index in [-0.39, 0.29) is 16.9 Å². The molecule has 3 N–H and O–H groups in total. The molecule has 0 saturated carbocycles. The van der Waals surface area contributed by atoms with Crippen LogP contribution in [0.25, 0.3) is 5.69 Å². The Hall–Kier alpha value is -1.93. The molecule has 0 saturated heterocycles. The van der Waals surface area contributed by atoms with Gasteiger partial charge in [-0.3, -0.25) is 0 Å². The van der Waals surface area contributed by atoms with E-state index < -0.39 is 10.0 Å². The van der Waals surface area contributed by atoms with E-state index in [4.69, 9.17) is 5.73 Å². The minimum Gasteiger partial charge on any atom is -0.366 e. The van der Waals surface area contributed by atoms with E-state index in [0.717, 1.165) is 0 Å². The summed E-state index contributed by atoms with van der Waals surface area (Å²) >= 11 is 0. The molecule has 0 atom stereocenters. The monoisotopic (exact) mass is 281 g/mol. The number of hydrogen-bond acceptors (Lipinski definition) is 5. The molecule has 0 aliphatic carbocycles. The maximum atomic E-state index is 11.9. The summed E-state index contributed by atoms with van der Waals surface area (Å²) in [5.41, 5.74) is 6.11. The predicted molar refractivity (Wildman–Crippen MR) is 71.2 cm³/mol. The van der Waals surface area contributed by atoms with Gasteiger partial charge in [0.25, 0.3) is 0 Å². The minimum atomic E-state index is -3.47. The Morgan fingerprint density at radius 1 is 1.26 bits per heavy atom. The van der Waals surface area contributed by atoms with Crippen LogP contribution in [-0.2, 0) is 10.0 Å². The zero-order valence-electron chi connectivity index (χ0n) is 10.6. The largest absolute Gasteiger partial charge is 0.366 e. The molecule has 1 heterocycles. The lowest BCUT2D eigenvalue weighted by atomic mass is 10.3. The fraction of sp³-hybridized carbons (Fsp3) is 0.273. The third-order valence-electron chi connectivity index (χ3n) is 2.31. The molecule has 0 aliphatic heterocycles. The van der Waals surface area contributed by atoms with Gasteiger partial charge >= 0.3 is 0 Å². The summed E-state index contributed by atoms with van der Waals surface area (Å²) in [5, 5.41) is 3.94. The Bertz CT molecular complexity index is 661. The molecule has 0 fully saturated rings. The molecule has 0 radical (unpaired) electrons. The van der Waals surface area contributed by atoms with Gasteiger partial charge in [0, 0.05) is 6.04 Å². The number of anilines is 1. The Balaban J connectivity index is 2.28. The van der Waals surface area contributed by atoms with Gasteiger partial charge in [-0.2, -0.15) is 0 Å². The number of aromatic nitrogens is 3. The second kappa shape index (κ2) is 4.98. The summed E-state index contributed by atoms with van der Waals surface area (Å²) in [6.45, 7) is 3.54. The molecule has 0 aliphatic rings. The van der Waals surface area contributed by atoms with Crippen molar-refractivity contribution in [2.45, 2.75) is 24.8 Å². The van der Waals surface area contributed by atoms with E-state index in [1.165, 1.54) is 23.1 Å². The first-order valence-corrected chi connectivity index (χ1v) is 7.17. The van der Waals surface area contributed by atoms with E-state index in [2.05, 4.69) is 14.8 Å². The summed E-state index contributed by atoms with van der Waals surface area (Å²) < 4.78 is 27.8. The first kappa shape index (κ1) is 13.5. The topological polar surface area (TPSA) is 103 Å². The SMILES string of the molecule is CC(C)NS(=O)(=O)c1ccc(-n2cnc(N)n2)cc1. The predicted octanol–water partition coefficient (Wildman–Crippen LogP) is 0.536. The molecule has 0 amide bonds. The first-order chi connectivity index (χ1) is 8.88. The van der Waals surface area contributed by atoms with Crippen molar-refractivity contribution in [1.29, 1.82) is 0 Å². The molecule has 0 unspecified atom stereocenters. The number of nitrogens with zero attached hydrogens (tertiary/aromatic N) is 3. The second-order valence-electron chi connectivity index (χ2n) is 4.32. The Morgan fingerprint density at radius 2 is 1.89 bits per heavy atom. The average molecular weight is 281 g/mol. The third-order valence-corrected chi connectivity index (χ3v) is 3.99. The van der Waals surface area contributed by atoms with Crippen molar-refractivity contribution in [1.82, 2.24) is 19.5 Å². The highest BCUT2D eigenvalue weighted by Gasteiger charge is 2.15. The first-order valence-electron chi connectivity index (χ1n) is 5.68. The van der Waals surface area contributed by atoms with Crippen LogP contribution in [0.15, 0.2) is 35.5 Å². The summed E-state index contributed by atoms with van der Waals surface area (Å²) in [7, 11) is -3.47. The Labute approximate surface area is 111 Å². The van der Waals surface area contributed by atoms with Gasteiger partial charge in [0.2, 0.25) is 16.0 Å². The van der Waals surface area contributed by atoms with E-state index in [0.29, 0.717) is 5.69 Å². The van der Waals surface area contributed by atoms with Crippen LogP contribution in [0.4, 0.5) is 5.95 Å². The lowest BCUT2D eigenvalue weighted by molar-refractivity contribution is 0.570. The van der Waals surface area contributed by atoms with Gasteiger partial charge in [-0.05, 0) is 38.1 Å². The molecule has 0 spiro atoms. The van der Waals surface area contributed by atoms with Gasteiger partial charge < -0.3 is 5.73 Å². The lowest BCUT2D eigenvalue weighted by Gasteiger charge is -2.09. The number of hydrogen-bond donors (Lipinski definition) is 2. The van der Waals surface area contributed by atoms with Crippen LogP contribution >= 0.6 is 0 Å². The van der Waals surface area contributed by atoms with Gasteiger partial charge in [0.05, 0.1) is 10.6 Å². The number of benzene rings is 1. The molecule has 2 rings (SSSR count).